The maximum atomic E-state index is 10.6. The number of aliphatic hydroxyl groups is 1. The molecular formula is C10H14O9. The minimum absolute atomic E-state index is 0.844. The molecule has 0 aliphatic rings. The van der Waals surface area contributed by atoms with Gasteiger partial charge in [-0.15, -0.1) is 0 Å². The van der Waals surface area contributed by atoms with Crippen LogP contribution >= 0.6 is 0 Å². The predicted octanol–water partition coefficient (Wildman–Crippen LogP) is -0.767. The zero-order valence-corrected chi connectivity index (χ0v) is 9.77. The summed E-state index contributed by atoms with van der Waals surface area (Å²) in [4.78, 5) is 42.5. The molecule has 108 valence electrons. The third-order valence-corrected chi connectivity index (χ3v) is 2.52. The summed E-state index contributed by atoms with van der Waals surface area (Å²) in [5.74, 6) is -7.54. The van der Waals surface area contributed by atoms with Gasteiger partial charge >= 0.3 is 23.9 Å². The number of aliphatic carboxylic acids is 4. The van der Waals surface area contributed by atoms with Crippen LogP contribution in [0.1, 0.15) is 25.7 Å². The Morgan fingerprint density at radius 1 is 0.737 bits per heavy atom. The molecule has 9 nitrogen and oxygen atoms in total. The fraction of sp³-hybridized carbons (Fsp3) is 0.600. The Balaban J connectivity index is 5.30. The minimum Gasteiger partial charge on any atom is -0.481 e. The molecule has 0 aromatic rings. The smallest absolute Gasteiger partial charge is 0.306 e. The van der Waals surface area contributed by atoms with E-state index in [0.717, 1.165) is 0 Å². The molecular weight excluding hydrogens is 264 g/mol. The van der Waals surface area contributed by atoms with E-state index in [-0.39, 0.29) is 0 Å². The molecule has 5 N–H and O–H groups in total. The lowest BCUT2D eigenvalue weighted by Crippen LogP contribution is -2.44. The topological polar surface area (TPSA) is 169 Å². The van der Waals surface area contributed by atoms with E-state index in [4.69, 9.17) is 20.4 Å². The van der Waals surface area contributed by atoms with Crippen LogP contribution in [-0.2, 0) is 19.2 Å². The molecule has 0 aliphatic carbocycles. The van der Waals surface area contributed by atoms with Crippen LogP contribution in [0, 0.1) is 5.92 Å². The third kappa shape index (κ3) is 6.36. The van der Waals surface area contributed by atoms with Gasteiger partial charge in [-0.05, 0) is 0 Å². The number of carbonyl (C=O) groups is 4. The van der Waals surface area contributed by atoms with Crippen LogP contribution in [0.25, 0.3) is 0 Å². The SMILES string of the molecule is O=C(O)CC(CC(=O)O)C(O)(CC(=O)O)CC(=O)O. The molecule has 0 amide bonds. The Labute approximate surface area is 107 Å². The molecule has 0 atom stereocenters. The lowest BCUT2D eigenvalue weighted by molar-refractivity contribution is -0.161. The van der Waals surface area contributed by atoms with Crippen molar-refractivity contribution in [2.75, 3.05) is 0 Å². The van der Waals surface area contributed by atoms with E-state index in [1.807, 2.05) is 0 Å². The van der Waals surface area contributed by atoms with Gasteiger partial charge in [0.05, 0.1) is 31.3 Å². The summed E-state index contributed by atoms with van der Waals surface area (Å²) in [6.45, 7) is 0. The Morgan fingerprint density at radius 2 is 1.05 bits per heavy atom. The predicted molar refractivity (Wildman–Crippen MR) is 57.5 cm³/mol. The first-order valence-electron chi connectivity index (χ1n) is 5.16. The van der Waals surface area contributed by atoms with Crippen LogP contribution < -0.4 is 0 Å². The highest BCUT2D eigenvalue weighted by Gasteiger charge is 2.42. The van der Waals surface area contributed by atoms with Gasteiger partial charge in [0.25, 0.3) is 0 Å². The number of carboxylic acids is 4. The van der Waals surface area contributed by atoms with Crippen LogP contribution in [0.5, 0.6) is 0 Å². The Hall–Kier alpha value is -2.16. The van der Waals surface area contributed by atoms with Crippen LogP contribution in [0.3, 0.4) is 0 Å². The summed E-state index contributed by atoms with van der Waals surface area (Å²) in [5.41, 5.74) is -2.44. The largest absolute Gasteiger partial charge is 0.481 e. The average Bonchev–Trinajstić information content (AvgIpc) is 2.11. The molecule has 0 unspecified atom stereocenters. The summed E-state index contributed by atoms with van der Waals surface area (Å²) < 4.78 is 0. The molecule has 0 aromatic carbocycles. The van der Waals surface area contributed by atoms with Crippen molar-refractivity contribution in [2.24, 2.45) is 5.92 Å². The van der Waals surface area contributed by atoms with Crippen molar-refractivity contribution < 1.29 is 44.7 Å². The highest BCUT2D eigenvalue weighted by molar-refractivity contribution is 5.75. The van der Waals surface area contributed by atoms with Crippen molar-refractivity contribution in [1.82, 2.24) is 0 Å². The van der Waals surface area contributed by atoms with E-state index in [0.29, 0.717) is 0 Å². The first-order valence-corrected chi connectivity index (χ1v) is 5.16. The standard InChI is InChI=1S/C10H14O9/c11-6(12)1-5(2-7(13)14)10(19,3-8(15)16)4-9(17)18/h5,19H,1-4H2,(H,11,12)(H,13,14)(H,15,16)(H,17,18). The van der Waals surface area contributed by atoms with E-state index < -0.39 is 61.1 Å². The minimum atomic E-state index is -2.44. The Bertz CT molecular complexity index is 354. The van der Waals surface area contributed by atoms with Crippen LogP contribution in [-0.4, -0.2) is 55.0 Å². The number of hydrogen-bond acceptors (Lipinski definition) is 5. The van der Waals surface area contributed by atoms with Gasteiger partial charge in [0.2, 0.25) is 0 Å². The van der Waals surface area contributed by atoms with Crippen molar-refractivity contribution in [3.8, 4) is 0 Å². The fourth-order valence-corrected chi connectivity index (χ4v) is 1.75. The van der Waals surface area contributed by atoms with Crippen LogP contribution in [0.4, 0.5) is 0 Å². The van der Waals surface area contributed by atoms with Crippen LogP contribution in [0.2, 0.25) is 0 Å². The summed E-state index contributed by atoms with van der Waals surface area (Å²) in [5, 5.41) is 44.5. The third-order valence-electron chi connectivity index (χ3n) is 2.52. The zero-order valence-electron chi connectivity index (χ0n) is 9.77. The molecule has 9 heteroatoms. The highest BCUT2D eigenvalue weighted by atomic mass is 16.4. The van der Waals surface area contributed by atoms with Gasteiger partial charge in [-0.3, -0.25) is 19.2 Å². The second-order valence-corrected chi connectivity index (χ2v) is 4.14. The quantitative estimate of drug-likeness (QED) is 0.363. The molecule has 0 spiro atoms. The van der Waals surface area contributed by atoms with Gasteiger partial charge in [-0.2, -0.15) is 0 Å². The maximum Gasteiger partial charge on any atom is 0.306 e. The lowest BCUT2D eigenvalue weighted by atomic mass is 9.78. The van der Waals surface area contributed by atoms with E-state index in [1.165, 1.54) is 0 Å². The van der Waals surface area contributed by atoms with E-state index in [1.54, 1.807) is 0 Å². The van der Waals surface area contributed by atoms with Crippen molar-refractivity contribution in [3.63, 3.8) is 0 Å². The zero-order chi connectivity index (χ0) is 15.2. The molecule has 0 fully saturated rings. The number of carboxylic acid groups (broad SMARTS) is 4. The van der Waals surface area contributed by atoms with Gasteiger partial charge in [0, 0.05) is 5.92 Å². The highest BCUT2D eigenvalue weighted by Crippen LogP contribution is 2.31. The number of hydrogen-bond donors (Lipinski definition) is 5. The molecule has 0 saturated heterocycles. The van der Waals surface area contributed by atoms with E-state index in [9.17, 15) is 24.3 Å². The monoisotopic (exact) mass is 278 g/mol. The molecule has 0 saturated carbocycles. The first-order chi connectivity index (χ1) is 8.56. The van der Waals surface area contributed by atoms with Gasteiger partial charge in [-0.25, -0.2) is 0 Å². The molecule has 0 rings (SSSR count). The molecule has 0 aromatic heterocycles. The second kappa shape index (κ2) is 6.69. The first kappa shape index (κ1) is 16.8. The summed E-state index contributed by atoms with van der Waals surface area (Å²) >= 11 is 0. The number of rotatable bonds is 9. The Morgan fingerprint density at radius 3 is 1.26 bits per heavy atom. The van der Waals surface area contributed by atoms with Crippen molar-refractivity contribution >= 4 is 23.9 Å². The Kier molecular flexibility index (Phi) is 5.93. The normalized spacial score (nSPS) is 11.3. The lowest BCUT2D eigenvalue weighted by Gasteiger charge is -2.32. The molecule has 19 heavy (non-hydrogen) atoms. The van der Waals surface area contributed by atoms with Gasteiger partial charge < -0.3 is 25.5 Å². The fourth-order valence-electron chi connectivity index (χ4n) is 1.75. The van der Waals surface area contributed by atoms with Gasteiger partial charge in [0.15, 0.2) is 0 Å². The van der Waals surface area contributed by atoms with Crippen molar-refractivity contribution in [1.29, 1.82) is 0 Å². The van der Waals surface area contributed by atoms with Crippen molar-refractivity contribution in [3.05, 3.63) is 0 Å². The van der Waals surface area contributed by atoms with Crippen LogP contribution in [0.15, 0.2) is 0 Å². The van der Waals surface area contributed by atoms with Crippen molar-refractivity contribution in [2.45, 2.75) is 31.3 Å². The molecule has 0 aliphatic heterocycles. The van der Waals surface area contributed by atoms with Gasteiger partial charge in [-0.1, -0.05) is 0 Å². The average molecular weight is 278 g/mol. The second-order valence-electron chi connectivity index (χ2n) is 4.14. The van der Waals surface area contributed by atoms with E-state index in [2.05, 4.69) is 0 Å². The van der Waals surface area contributed by atoms with E-state index >= 15 is 0 Å². The molecule has 0 radical (unpaired) electrons. The van der Waals surface area contributed by atoms with Gasteiger partial charge in [0.1, 0.15) is 0 Å². The summed E-state index contributed by atoms with van der Waals surface area (Å²) in [7, 11) is 0. The summed E-state index contributed by atoms with van der Waals surface area (Å²) in [6.07, 6.45) is -3.79. The maximum absolute atomic E-state index is 10.6. The molecule has 0 heterocycles. The summed E-state index contributed by atoms with van der Waals surface area (Å²) in [6, 6.07) is 0. The molecule has 0 bridgehead atoms.